The number of carbonyl (C=O) groups excluding carboxylic acids is 2. The summed E-state index contributed by atoms with van der Waals surface area (Å²) >= 11 is 0. The van der Waals surface area contributed by atoms with Crippen LogP contribution in [0.15, 0.2) is 42.0 Å². The van der Waals surface area contributed by atoms with Gasteiger partial charge >= 0.3 is 5.97 Å². The topological polar surface area (TPSA) is 43.4 Å². The molecule has 1 aliphatic heterocycles. The molecule has 2 atom stereocenters. The Balaban J connectivity index is 2.20. The zero-order valence-corrected chi connectivity index (χ0v) is 12.0. The summed E-state index contributed by atoms with van der Waals surface area (Å²) in [6, 6.07) is 9.19. The number of rotatable bonds is 4. The number of cyclic esters (lactones) is 1. The first-order valence-corrected chi connectivity index (χ1v) is 6.99. The highest BCUT2D eigenvalue weighted by atomic mass is 16.5. The molecular formula is C17H20O3. The van der Waals surface area contributed by atoms with Crippen molar-refractivity contribution in [3.8, 4) is 0 Å². The van der Waals surface area contributed by atoms with E-state index in [-0.39, 0.29) is 23.6 Å². The van der Waals surface area contributed by atoms with Gasteiger partial charge in [0.25, 0.3) is 0 Å². The van der Waals surface area contributed by atoms with Crippen LogP contribution >= 0.6 is 0 Å². The first-order chi connectivity index (χ1) is 9.59. The summed E-state index contributed by atoms with van der Waals surface area (Å²) in [5.41, 5.74) is 1.82. The van der Waals surface area contributed by atoms with E-state index >= 15 is 0 Å². The smallest absolute Gasteiger partial charge is 0.309 e. The lowest BCUT2D eigenvalue weighted by Crippen LogP contribution is -2.37. The van der Waals surface area contributed by atoms with Gasteiger partial charge in [0.2, 0.25) is 0 Å². The van der Waals surface area contributed by atoms with Gasteiger partial charge in [-0.2, -0.15) is 0 Å². The number of hydrogen-bond donors (Lipinski definition) is 0. The minimum absolute atomic E-state index is 0.0504. The molecule has 2 unspecified atom stereocenters. The van der Waals surface area contributed by atoms with Gasteiger partial charge in [0.15, 0.2) is 5.78 Å². The maximum atomic E-state index is 12.6. The van der Waals surface area contributed by atoms with Crippen molar-refractivity contribution in [1.29, 1.82) is 0 Å². The summed E-state index contributed by atoms with van der Waals surface area (Å²) < 4.78 is 5.12. The van der Waals surface area contributed by atoms with Crippen molar-refractivity contribution >= 4 is 11.8 Å². The van der Waals surface area contributed by atoms with E-state index in [9.17, 15) is 9.59 Å². The van der Waals surface area contributed by atoms with Crippen molar-refractivity contribution in [2.75, 3.05) is 6.61 Å². The molecule has 0 N–H and O–H groups in total. The molecule has 1 aliphatic rings. The van der Waals surface area contributed by atoms with Crippen LogP contribution in [0.4, 0.5) is 0 Å². The molecule has 0 aromatic heterocycles. The summed E-state index contributed by atoms with van der Waals surface area (Å²) in [6.45, 7) is 4.32. The summed E-state index contributed by atoms with van der Waals surface area (Å²) in [7, 11) is 0. The van der Waals surface area contributed by atoms with Crippen LogP contribution in [-0.4, -0.2) is 18.4 Å². The number of esters is 1. The van der Waals surface area contributed by atoms with E-state index in [0.717, 1.165) is 5.57 Å². The minimum Gasteiger partial charge on any atom is -0.465 e. The molecule has 1 aromatic rings. The summed E-state index contributed by atoms with van der Waals surface area (Å²) in [5, 5.41) is 0. The highest BCUT2D eigenvalue weighted by molar-refractivity contribution is 6.00. The molecule has 0 saturated carbocycles. The van der Waals surface area contributed by atoms with Gasteiger partial charge in [-0.25, -0.2) is 0 Å². The standard InChI is InChI=1S/C17H20O3/c1-12(2)8-9-15-14(10-11-20-17(15)19)16(18)13-6-4-3-5-7-13/h3-8,14-15H,9-11H2,1-2H3. The third kappa shape index (κ3) is 3.35. The molecule has 0 aliphatic carbocycles. The number of ether oxygens (including phenoxy) is 1. The lowest BCUT2D eigenvalue weighted by molar-refractivity contribution is -0.155. The van der Waals surface area contributed by atoms with E-state index in [1.807, 2.05) is 38.1 Å². The quantitative estimate of drug-likeness (QED) is 0.479. The minimum atomic E-state index is -0.355. The fraction of sp³-hybridized carbons (Fsp3) is 0.412. The molecule has 1 heterocycles. The Morgan fingerprint density at radius 1 is 1.30 bits per heavy atom. The zero-order valence-electron chi connectivity index (χ0n) is 12.0. The molecule has 3 heteroatoms. The maximum Gasteiger partial charge on any atom is 0.309 e. The number of Topliss-reactive ketones (excluding diaryl/α,β-unsaturated/α-hetero) is 1. The first kappa shape index (κ1) is 14.5. The Labute approximate surface area is 119 Å². The van der Waals surface area contributed by atoms with Crippen LogP contribution in [0.3, 0.4) is 0 Å². The van der Waals surface area contributed by atoms with Gasteiger partial charge in [-0.1, -0.05) is 42.0 Å². The summed E-state index contributed by atoms with van der Waals surface area (Å²) in [6.07, 6.45) is 3.19. The highest BCUT2D eigenvalue weighted by Gasteiger charge is 2.37. The first-order valence-electron chi connectivity index (χ1n) is 6.99. The molecule has 0 amide bonds. The second kappa shape index (κ2) is 6.51. The predicted molar refractivity (Wildman–Crippen MR) is 77.4 cm³/mol. The van der Waals surface area contributed by atoms with Crippen LogP contribution in [0.25, 0.3) is 0 Å². The normalized spacial score (nSPS) is 22.0. The fourth-order valence-corrected chi connectivity index (χ4v) is 2.51. The third-order valence-corrected chi connectivity index (χ3v) is 3.64. The Hall–Kier alpha value is -1.90. The molecule has 0 radical (unpaired) electrons. The van der Waals surface area contributed by atoms with Crippen LogP contribution in [0, 0.1) is 11.8 Å². The number of allylic oxidation sites excluding steroid dienone is 2. The Kier molecular flexibility index (Phi) is 4.72. The van der Waals surface area contributed by atoms with E-state index in [1.54, 1.807) is 12.1 Å². The van der Waals surface area contributed by atoms with Crippen LogP contribution < -0.4 is 0 Å². The second-order valence-electron chi connectivity index (χ2n) is 5.42. The van der Waals surface area contributed by atoms with Gasteiger partial charge in [0, 0.05) is 11.5 Å². The van der Waals surface area contributed by atoms with Crippen molar-refractivity contribution in [1.82, 2.24) is 0 Å². The van der Waals surface area contributed by atoms with E-state index in [2.05, 4.69) is 0 Å². The van der Waals surface area contributed by atoms with E-state index in [4.69, 9.17) is 4.74 Å². The van der Waals surface area contributed by atoms with Crippen molar-refractivity contribution in [2.24, 2.45) is 11.8 Å². The van der Waals surface area contributed by atoms with Gasteiger partial charge in [0.1, 0.15) is 0 Å². The largest absolute Gasteiger partial charge is 0.465 e. The van der Waals surface area contributed by atoms with Gasteiger partial charge in [-0.05, 0) is 26.7 Å². The molecule has 0 bridgehead atoms. The van der Waals surface area contributed by atoms with Crippen LogP contribution in [0.2, 0.25) is 0 Å². The van der Waals surface area contributed by atoms with E-state index in [1.165, 1.54) is 0 Å². The molecule has 1 aromatic carbocycles. The van der Waals surface area contributed by atoms with Crippen LogP contribution in [-0.2, 0) is 9.53 Å². The Bertz CT molecular complexity index is 512. The van der Waals surface area contributed by atoms with Crippen LogP contribution in [0.5, 0.6) is 0 Å². The second-order valence-corrected chi connectivity index (χ2v) is 5.42. The van der Waals surface area contributed by atoms with E-state index < -0.39 is 0 Å². The molecule has 3 nitrogen and oxygen atoms in total. The average Bonchev–Trinajstić information content (AvgIpc) is 2.45. The van der Waals surface area contributed by atoms with Gasteiger partial charge < -0.3 is 4.74 Å². The summed E-state index contributed by atoms with van der Waals surface area (Å²) in [4.78, 5) is 24.5. The molecule has 2 rings (SSSR count). The molecule has 0 spiro atoms. The fourth-order valence-electron chi connectivity index (χ4n) is 2.51. The number of ketones is 1. The number of benzene rings is 1. The summed E-state index contributed by atoms with van der Waals surface area (Å²) in [5.74, 6) is -0.821. The SMILES string of the molecule is CC(C)=CCC1C(=O)OCCC1C(=O)c1ccccc1. The highest BCUT2D eigenvalue weighted by Crippen LogP contribution is 2.29. The Morgan fingerprint density at radius 3 is 2.65 bits per heavy atom. The van der Waals surface area contributed by atoms with Crippen molar-refractivity contribution in [3.05, 3.63) is 47.5 Å². The van der Waals surface area contributed by atoms with Gasteiger partial charge in [0.05, 0.1) is 12.5 Å². The monoisotopic (exact) mass is 272 g/mol. The molecule has 1 fully saturated rings. The number of carbonyl (C=O) groups is 2. The number of hydrogen-bond acceptors (Lipinski definition) is 3. The average molecular weight is 272 g/mol. The van der Waals surface area contributed by atoms with E-state index in [0.29, 0.717) is 25.0 Å². The lowest BCUT2D eigenvalue weighted by Gasteiger charge is -2.28. The molecule has 106 valence electrons. The lowest BCUT2D eigenvalue weighted by atomic mass is 9.80. The molecule has 20 heavy (non-hydrogen) atoms. The van der Waals surface area contributed by atoms with Crippen LogP contribution in [0.1, 0.15) is 37.0 Å². The van der Waals surface area contributed by atoms with Crippen molar-refractivity contribution < 1.29 is 14.3 Å². The van der Waals surface area contributed by atoms with Gasteiger partial charge in [-0.3, -0.25) is 9.59 Å². The molecular weight excluding hydrogens is 252 g/mol. The predicted octanol–water partition coefficient (Wildman–Crippen LogP) is 3.40. The van der Waals surface area contributed by atoms with Crippen molar-refractivity contribution in [2.45, 2.75) is 26.7 Å². The third-order valence-electron chi connectivity index (χ3n) is 3.64. The Morgan fingerprint density at radius 2 is 2.00 bits per heavy atom. The van der Waals surface area contributed by atoms with Crippen molar-refractivity contribution in [3.63, 3.8) is 0 Å². The van der Waals surface area contributed by atoms with Gasteiger partial charge in [-0.15, -0.1) is 0 Å². The zero-order chi connectivity index (χ0) is 14.5. The maximum absolute atomic E-state index is 12.6. The molecule has 1 saturated heterocycles.